The van der Waals surface area contributed by atoms with E-state index in [0.29, 0.717) is 18.0 Å². The average molecular weight is 482 g/mol. The Morgan fingerprint density at radius 3 is 2.19 bits per heavy atom. The Labute approximate surface area is 192 Å². The van der Waals surface area contributed by atoms with E-state index in [2.05, 4.69) is 5.32 Å². The van der Waals surface area contributed by atoms with Crippen LogP contribution in [0.1, 0.15) is 18.4 Å². The fraction of sp³-hybridized carbons (Fsp3) is 0.364. The molecular formula is C22H25ClFN3O4S. The minimum Gasteiger partial charge on any atom is -0.356 e. The molecule has 32 heavy (non-hydrogen) atoms. The molecule has 0 aromatic heterocycles. The van der Waals surface area contributed by atoms with Crippen molar-refractivity contribution in [3.8, 4) is 0 Å². The topological polar surface area (TPSA) is 86.8 Å². The fourth-order valence-corrected chi connectivity index (χ4v) is 4.95. The summed E-state index contributed by atoms with van der Waals surface area (Å²) in [5, 5.41) is 3.21. The Balaban J connectivity index is 1.39. The molecule has 7 nitrogen and oxygen atoms in total. The van der Waals surface area contributed by atoms with Gasteiger partial charge in [0.15, 0.2) is 0 Å². The number of piperazine rings is 1. The molecule has 1 aliphatic rings. The molecule has 0 bridgehead atoms. The van der Waals surface area contributed by atoms with Crippen LogP contribution in [-0.4, -0.2) is 62.2 Å². The van der Waals surface area contributed by atoms with E-state index in [1.54, 1.807) is 17.0 Å². The predicted octanol–water partition coefficient (Wildman–Crippen LogP) is 2.45. The molecule has 1 heterocycles. The van der Waals surface area contributed by atoms with Crippen LogP contribution in [0.15, 0.2) is 53.4 Å². The number of carbonyl (C=O) groups is 2. The molecule has 0 saturated carbocycles. The minimum atomic E-state index is -3.64. The second-order valence-electron chi connectivity index (χ2n) is 7.47. The predicted molar refractivity (Wildman–Crippen MR) is 119 cm³/mol. The maximum absolute atomic E-state index is 12.9. The first-order valence-electron chi connectivity index (χ1n) is 10.3. The van der Waals surface area contributed by atoms with Crippen molar-refractivity contribution in [3.05, 3.63) is 64.9 Å². The van der Waals surface area contributed by atoms with Crippen LogP contribution < -0.4 is 5.32 Å². The van der Waals surface area contributed by atoms with Crippen molar-refractivity contribution in [2.75, 3.05) is 32.7 Å². The van der Waals surface area contributed by atoms with Gasteiger partial charge in [0.25, 0.3) is 0 Å². The van der Waals surface area contributed by atoms with Gasteiger partial charge in [0.1, 0.15) is 5.82 Å². The minimum absolute atomic E-state index is 0.0611. The number of halogens is 2. The molecule has 172 valence electrons. The van der Waals surface area contributed by atoms with Crippen molar-refractivity contribution in [2.24, 2.45) is 0 Å². The summed E-state index contributed by atoms with van der Waals surface area (Å²) in [6, 6.07) is 12.0. The number of nitrogens with one attached hydrogen (secondary N) is 1. The molecule has 0 spiro atoms. The van der Waals surface area contributed by atoms with Crippen molar-refractivity contribution >= 4 is 33.4 Å². The van der Waals surface area contributed by atoms with E-state index in [1.807, 2.05) is 0 Å². The Morgan fingerprint density at radius 1 is 0.938 bits per heavy atom. The quantitative estimate of drug-likeness (QED) is 0.627. The summed E-state index contributed by atoms with van der Waals surface area (Å²) < 4.78 is 39.7. The number of carbonyl (C=O) groups excluding carboxylic acids is 2. The van der Waals surface area contributed by atoms with Crippen molar-refractivity contribution in [1.82, 2.24) is 14.5 Å². The maximum atomic E-state index is 12.9. The molecule has 10 heteroatoms. The molecule has 1 saturated heterocycles. The number of sulfonamides is 1. The zero-order valence-corrected chi connectivity index (χ0v) is 19.0. The highest BCUT2D eigenvalue weighted by Gasteiger charge is 2.30. The van der Waals surface area contributed by atoms with Gasteiger partial charge in [-0.15, -0.1) is 0 Å². The zero-order valence-electron chi connectivity index (χ0n) is 17.5. The highest BCUT2D eigenvalue weighted by Crippen LogP contribution is 2.20. The van der Waals surface area contributed by atoms with Crippen LogP contribution in [0.2, 0.25) is 5.02 Å². The van der Waals surface area contributed by atoms with Gasteiger partial charge in [0.2, 0.25) is 21.8 Å². The number of benzene rings is 2. The summed E-state index contributed by atoms with van der Waals surface area (Å²) in [6.07, 6.45) is 0.696. The van der Waals surface area contributed by atoms with Crippen LogP contribution in [0.5, 0.6) is 0 Å². The van der Waals surface area contributed by atoms with Crippen LogP contribution in [0.4, 0.5) is 4.39 Å². The third kappa shape index (κ3) is 6.51. The first kappa shape index (κ1) is 24.2. The summed E-state index contributed by atoms with van der Waals surface area (Å²) in [5.41, 5.74) is 0.911. The van der Waals surface area contributed by atoms with Gasteiger partial charge in [-0.05, 0) is 48.4 Å². The molecular weight excluding hydrogens is 457 g/mol. The second-order valence-corrected chi connectivity index (χ2v) is 9.84. The smallest absolute Gasteiger partial charge is 0.243 e. The number of amides is 2. The van der Waals surface area contributed by atoms with Gasteiger partial charge in [-0.2, -0.15) is 4.31 Å². The fourth-order valence-electron chi connectivity index (χ4n) is 3.40. The summed E-state index contributed by atoms with van der Waals surface area (Å²) in [6.45, 7) is 1.34. The van der Waals surface area contributed by atoms with Gasteiger partial charge in [-0.25, -0.2) is 12.8 Å². The summed E-state index contributed by atoms with van der Waals surface area (Å²) >= 11 is 5.82. The van der Waals surface area contributed by atoms with E-state index in [-0.39, 0.29) is 61.5 Å². The zero-order chi connectivity index (χ0) is 23.1. The highest BCUT2D eigenvalue weighted by atomic mass is 35.5. The number of hydrogen-bond donors (Lipinski definition) is 1. The standard InChI is InChI=1S/C22H25ClFN3O4S/c23-18-3-7-20(8-4-18)32(30,31)27-15-13-26(14-16-27)22(29)10-9-21(28)25-12-11-17-1-5-19(24)6-2-17/h1-8H,9-16H2,(H,25,28). The molecule has 0 unspecified atom stereocenters. The van der Waals surface area contributed by atoms with E-state index >= 15 is 0 Å². The number of rotatable bonds is 8. The van der Waals surface area contributed by atoms with Crippen LogP contribution >= 0.6 is 11.6 Å². The lowest BCUT2D eigenvalue weighted by Gasteiger charge is -2.34. The molecule has 1 fully saturated rings. The Bertz CT molecular complexity index is 1040. The van der Waals surface area contributed by atoms with Crippen molar-refractivity contribution in [2.45, 2.75) is 24.2 Å². The first-order valence-corrected chi connectivity index (χ1v) is 12.1. The Kier molecular flexibility index (Phi) is 8.22. The molecule has 1 N–H and O–H groups in total. The lowest BCUT2D eigenvalue weighted by atomic mass is 10.1. The maximum Gasteiger partial charge on any atom is 0.243 e. The first-order chi connectivity index (χ1) is 15.3. The molecule has 0 radical (unpaired) electrons. The van der Waals surface area contributed by atoms with Crippen molar-refractivity contribution < 1.29 is 22.4 Å². The molecule has 3 rings (SSSR count). The van der Waals surface area contributed by atoms with E-state index < -0.39 is 10.0 Å². The van der Waals surface area contributed by atoms with Crippen LogP contribution in [0, 0.1) is 5.82 Å². The average Bonchev–Trinajstić information content (AvgIpc) is 2.79. The van der Waals surface area contributed by atoms with Crippen molar-refractivity contribution in [1.29, 1.82) is 0 Å². The molecule has 1 aliphatic heterocycles. The van der Waals surface area contributed by atoms with Gasteiger partial charge >= 0.3 is 0 Å². The van der Waals surface area contributed by atoms with Crippen LogP contribution in [0.3, 0.4) is 0 Å². The van der Waals surface area contributed by atoms with Gasteiger partial charge in [-0.1, -0.05) is 23.7 Å². The molecule has 0 atom stereocenters. The van der Waals surface area contributed by atoms with Gasteiger partial charge < -0.3 is 10.2 Å². The molecule has 2 amide bonds. The number of hydrogen-bond acceptors (Lipinski definition) is 4. The van der Waals surface area contributed by atoms with Gasteiger partial charge in [0.05, 0.1) is 4.90 Å². The highest BCUT2D eigenvalue weighted by molar-refractivity contribution is 7.89. The van der Waals surface area contributed by atoms with Crippen LogP contribution in [0.25, 0.3) is 0 Å². The summed E-state index contributed by atoms with van der Waals surface area (Å²) in [4.78, 5) is 26.2. The Hall–Kier alpha value is -2.49. The molecule has 0 aliphatic carbocycles. The lowest BCUT2D eigenvalue weighted by Crippen LogP contribution is -2.50. The van der Waals surface area contributed by atoms with Crippen molar-refractivity contribution in [3.63, 3.8) is 0 Å². The van der Waals surface area contributed by atoms with E-state index in [9.17, 15) is 22.4 Å². The SMILES string of the molecule is O=C(CCC(=O)N1CCN(S(=O)(=O)c2ccc(Cl)cc2)CC1)NCCc1ccc(F)cc1. The summed E-state index contributed by atoms with van der Waals surface area (Å²) in [7, 11) is -3.64. The van der Waals surface area contributed by atoms with E-state index in [1.165, 1.54) is 40.7 Å². The molecule has 2 aromatic carbocycles. The van der Waals surface area contributed by atoms with Gasteiger partial charge in [-0.3, -0.25) is 9.59 Å². The third-order valence-electron chi connectivity index (χ3n) is 5.26. The monoisotopic (exact) mass is 481 g/mol. The third-order valence-corrected chi connectivity index (χ3v) is 7.42. The normalized spacial score (nSPS) is 14.9. The Morgan fingerprint density at radius 2 is 1.56 bits per heavy atom. The number of nitrogens with zero attached hydrogens (tertiary/aromatic N) is 2. The van der Waals surface area contributed by atoms with E-state index in [4.69, 9.17) is 11.6 Å². The van der Waals surface area contributed by atoms with Crippen LogP contribution in [-0.2, 0) is 26.0 Å². The second kappa shape index (κ2) is 10.9. The van der Waals surface area contributed by atoms with E-state index in [0.717, 1.165) is 5.56 Å². The summed E-state index contributed by atoms with van der Waals surface area (Å²) in [5.74, 6) is -0.716. The van der Waals surface area contributed by atoms with Gasteiger partial charge in [0, 0.05) is 50.6 Å². The lowest BCUT2D eigenvalue weighted by molar-refractivity contribution is -0.134. The molecule has 2 aromatic rings. The largest absolute Gasteiger partial charge is 0.356 e.